The zero-order chi connectivity index (χ0) is 62.2. The largest absolute Gasteiger partial charge is 0.472 e. The molecule has 0 aliphatic carbocycles. The van der Waals surface area contributed by atoms with E-state index in [0.717, 1.165) is 102 Å². The monoisotopic (exact) mass is 1240 g/mol. The molecule has 0 spiro atoms. The molecule has 0 bridgehead atoms. The van der Waals surface area contributed by atoms with Gasteiger partial charge in [-0.1, -0.05) is 273 Å². The average Bonchev–Trinajstić information content (AvgIpc) is 3.60. The first-order valence-corrected chi connectivity index (χ1v) is 37.0. The fourth-order valence-electron chi connectivity index (χ4n) is 9.71. The van der Waals surface area contributed by atoms with Crippen LogP contribution in [0.3, 0.4) is 0 Å². The molecule has 0 heterocycles. The maximum atomic E-state index is 13.0. The summed E-state index contributed by atoms with van der Waals surface area (Å²) in [5, 5.41) is 10.5. The topological polar surface area (TPSA) is 237 Å². The van der Waals surface area contributed by atoms with Crippen LogP contribution in [0.4, 0.5) is 0 Å². The highest BCUT2D eigenvalue weighted by molar-refractivity contribution is 7.47. The number of aliphatic hydroxyl groups is 1. The van der Waals surface area contributed by atoms with Crippen molar-refractivity contribution in [2.45, 2.75) is 342 Å². The Morgan fingerprint density at radius 3 is 0.810 bits per heavy atom. The molecular formula is C65H126O17P2. The van der Waals surface area contributed by atoms with Gasteiger partial charge in [0.25, 0.3) is 0 Å². The molecule has 0 fully saturated rings. The minimum absolute atomic E-state index is 0.101. The van der Waals surface area contributed by atoms with Crippen LogP contribution in [0.5, 0.6) is 0 Å². The summed E-state index contributed by atoms with van der Waals surface area (Å²) in [6, 6.07) is 0. The molecule has 0 radical (unpaired) electrons. The van der Waals surface area contributed by atoms with E-state index in [4.69, 9.17) is 37.0 Å². The molecule has 498 valence electrons. The predicted octanol–water partition coefficient (Wildman–Crippen LogP) is 18.0. The minimum Gasteiger partial charge on any atom is -0.462 e. The number of phosphoric acid groups is 2. The first kappa shape index (κ1) is 82.1. The first-order chi connectivity index (χ1) is 40.4. The molecule has 0 aliphatic heterocycles. The third kappa shape index (κ3) is 59.0. The number of hydrogen-bond donors (Lipinski definition) is 3. The van der Waals surface area contributed by atoms with Gasteiger partial charge in [0.15, 0.2) is 12.2 Å². The van der Waals surface area contributed by atoms with Crippen molar-refractivity contribution < 1.29 is 80.2 Å². The molecule has 0 aliphatic rings. The number of ether oxygens (including phenoxy) is 4. The summed E-state index contributed by atoms with van der Waals surface area (Å²) in [4.78, 5) is 72.0. The van der Waals surface area contributed by atoms with E-state index in [-0.39, 0.29) is 25.7 Å². The van der Waals surface area contributed by atoms with E-state index >= 15 is 0 Å². The number of phosphoric ester groups is 2. The van der Waals surface area contributed by atoms with Crippen molar-refractivity contribution in [3.63, 3.8) is 0 Å². The lowest BCUT2D eigenvalue weighted by atomic mass is 10.0. The highest BCUT2D eigenvalue weighted by atomic mass is 31.2. The van der Waals surface area contributed by atoms with E-state index in [1.54, 1.807) is 0 Å². The lowest BCUT2D eigenvalue weighted by molar-refractivity contribution is -0.161. The summed E-state index contributed by atoms with van der Waals surface area (Å²) in [6.07, 6.45) is 41.0. The molecule has 0 rings (SSSR count). The summed E-state index contributed by atoms with van der Waals surface area (Å²) >= 11 is 0. The quantitative estimate of drug-likeness (QED) is 0.0222. The minimum atomic E-state index is -4.94. The maximum absolute atomic E-state index is 13.0. The van der Waals surface area contributed by atoms with Crippen LogP contribution in [0, 0.1) is 11.8 Å². The lowest BCUT2D eigenvalue weighted by Crippen LogP contribution is -2.30. The Bertz CT molecular complexity index is 1650. The van der Waals surface area contributed by atoms with Crippen molar-refractivity contribution >= 4 is 39.5 Å². The van der Waals surface area contributed by atoms with Crippen molar-refractivity contribution in [2.75, 3.05) is 39.6 Å². The van der Waals surface area contributed by atoms with Crippen LogP contribution in [-0.2, 0) is 65.4 Å². The zero-order valence-corrected chi connectivity index (χ0v) is 56.0. The van der Waals surface area contributed by atoms with Crippen molar-refractivity contribution in [1.29, 1.82) is 0 Å². The number of unbranched alkanes of at least 4 members (excludes halogenated alkanes) is 34. The third-order valence-corrected chi connectivity index (χ3v) is 16.9. The van der Waals surface area contributed by atoms with Crippen LogP contribution in [0.15, 0.2) is 0 Å². The molecule has 17 nitrogen and oxygen atoms in total. The molecule has 0 saturated carbocycles. The fraction of sp³-hybridized carbons (Fsp3) is 0.938. The number of carbonyl (C=O) groups excluding carboxylic acids is 4. The van der Waals surface area contributed by atoms with Gasteiger partial charge in [-0.05, 0) is 37.5 Å². The fourth-order valence-corrected chi connectivity index (χ4v) is 11.3. The van der Waals surface area contributed by atoms with Crippen LogP contribution in [-0.4, -0.2) is 96.7 Å². The molecule has 2 unspecified atom stereocenters. The molecule has 0 saturated heterocycles. The Balaban J connectivity index is 5.14. The van der Waals surface area contributed by atoms with Gasteiger partial charge in [-0.25, -0.2) is 9.13 Å². The number of esters is 4. The Morgan fingerprint density at radius 1 is 0.321 bits per heavy atom. The van der Waals surface area contributed by atoms with Crippen LogP contribution in [0.2, 0.25) is 0 Å². The second-order valence-electron chi connectivity index (χ2n) is 24.5. The van der Waals surface area contributed by atoms with E-state index in [2.05, 4.69) is 41.5 Å². The summed E-state index contributed by atoms with van der Waals surface area (Å²) in [5.74, 6) is -0.734. The predicted molar refractivity (Wildman–Crippen MR) is 335 cm³/mol. The van der Waals surface area contributed by atoms with Gasteiger partial charge in [0.1, 0.15) is 19.3 Å². The molecule has 0 aromatic carbocycles. The van der Waals surface area contributed by atoms with E-state index < -0.39 is 97.5 Å². The number of aliphatic hydroxyl groups excluding tert-OH is 1. The van der Waals surface area contributed by atoms with Gasteiger partial charge >= 0.3 is 39.5 Å². The summed E-state index contributed by atoms with van der Waals surface area (Å²) in [7, 11) is -9.88. The van der Waals surface area contributed by atoms with E-state index in [0.29, 0.717) is 31.6 Å². The molecule has 84 heavy (non-hydrogen) atoms. The summed E-state index contributed by atoms with van der Waals surface area (Å²) in [6.45, 7) is 9.30. The first-order valence-electron chi connectivity index (χ1n) is 34.0. The Hall–Kier alpha value is -1.94. The van der Waals surface area contributed by atoms with Gasteiger partial charge in [-0.2, -0.15) is 0 Å². The number of rotatable bonds is 64. The van der Waals surface area contributed by atoms with Crippen LogP contribution in [0.25, 0.3) is 0 Å². The van der Waals surface area contributed by atoms with Crippen LogP contribution >= 0.6 is 15.6 Å². The normalized spacial score (nSPS) is 14.3. The van der Waals surface area contributed by atoms with Gasteiger partial charge in [0, 0.05) is 25.7 Å². The standard InChI is InChI=1S/C65H126O17P2/c1-7-9-11-13-14-15-16-17-18-19-20-21-22-23-26-30-37-43-49-64(69)81-61(54-76-63(68)48-42-36-29-27-24-25-28-34-39-45-57(3)4)56-80-84(73,74)78-52-59(66)51-77-83(71,72)79-55-60(53-75-62(67)47-41-33-12-10-8-2)82-65(70)50-44-38-32-31-35-40-46-58(5)6/h57-61,66H,7-56H2,1-6H3,(H,71,72)(H,73,74)/t59-,60+,61+/m0/s1. The summed E-state index contributed by atoms with van der Waals surface area (Å²) in [5.41, 5.74) is 0. The molecule has 5 atom stereocenters. The summed E-state index contributed by atoms with van der Waals surface area (Å²) < 4.78 is 67.8. The molecular weight excluding hydrogens is 1110 g/mol. The van der Waals surface area contributed by atoms with E-state index in [1.807, 2.05) is 0 Å². The van der Waals surface area contributed by atoms with Gasteiger partial charge in [0.2, 0.25) is 0 Å². The highest BCUT2D eigenvalue weighted by Gasteiger charge is 2.30. The van der Waals surface area contributed by atoms with Crippen molar-refractivity contribution in [3.8, 4) is 0 Å². The smallest absolute Gasteiger partial charge is 0.462 e. The Kier molecular flexibility index (Phi) is 56.2. The van der Waals surface area contributed by atoms with Gasteiger partial charge in [0.05, 0.1) is 26.4 Å². The Labute approximate surface area is 511 Å². The molecule has 19 heteroatoms. The lowest BCUT2D eigenvalue weighted by Gasteiger charge is -2.21. The highest BCUT2D eigenvalue weighted by Crippen LogP contribution is 2.45. The number of hydrogen-bond acceptors (Lipinski definition) is 15. The zero-order valence-electron chi connectivity index (χ0n) is 54.2. The van der Waals surface area contributed by atoms with Crippen molar-refractivity contribution in [3.05, 3.63) is 0 Å². The molecule has 3 N–H and O–H groups in total. The van der Waals surface area contributed by atoms with Crippen molar-refractivity contribution in [1.82, 2.24) is 0 Å². The Morgan fingerprint density at radius 2 is 0.548 bits per heavy atom. The van der Waals surface area contributed by atoms with Crippen LogP contribution in [0.1, 0.15) is 324 Å². The van der Waals surface area contributed by atoms with E-state index in [1.165, 1.54) is 135 Å². The van der Waals surface area contributed by atoms with Gasteiger partial charge in [-0.3, -0.25) is 37.3 Å². The van der Waals surface area contributed by atoms with E-state index in [9.17, 15) is 43.2 Å². The van der Waals surface area contributed by atoms with Crippen LogP contribution < -0.4 is 0 Å². The second kappa shape index (κ2) is 57.5. The average molecular weight is 1240 g/mol. The third-order valence-electron chi connectivity index (χ3n) is 15.0. The maximum Gasteiger partial charge on any atom is 0.472 e. The van der Waals surface area contributed by atoms with Gasteiger partial charge < -0.3 is 33.8 Å². The molecule has 0 aromatic rings. The SMILES string of the molecule is CCCCCCCCCCCCCCCCCCCCC(=O)O[C@H](COC(=O)CCCCCCCCCCCC(C)C)COP(=O)(O)OC[C@@H](O)COP(=O)(O)OC[C@@H](COC(=O)CCCCCCC)OC(=O)CCCCCCCCC(C)C. The second-order valence-corrected chi connectivity index (χ2v) is 27.4. The molecule has 0 aromatic heterocycles. The van der Waals surface area contributed by atoms with Gasteiger partial charge in [-0.15, -0.1) is 0 Å². The van der Waals surface area contributed by atoms with Crippen molar-refractivity contribution in [2.24, 2.45) is 11.8 Å². The molecule has 0 amide bonds. The number of carbonyl (C=O) groups is 4.